The van der Waals surface area contributed by atoms with Crippen LogP contribution in [0, 0.1) is 5.92 Å². The van der Waals surface area contributed by atoms with Crippen LogP contribution in [0.15, 0.2) is 28.9 Å². The van der Waals surface area contributed by atoms with Gasteiger partial charge in [0.2, 0.25) is 0 Å². The molecule has 1 atom stereocenters. The number of rotatable bonds is 4. The van der Waals surface area contributed by atoms with Crippen molar-refractivity contribution in [2.24, 2.45) is 5.92 Å². The lowest BCUT2D eigenvalue weighted by molar-refractivity contribution is 0.345. The Balaban J connectivity index is 1.80. The first kappa shape index (κ1) is 14.6. The fraction of sp³-hybridized carbons (Fsp3) is 0.438. The number of anilines is 2. The second-order valence-electron chi connectivity index (χ2n) is 5.68. The molecular weight excluding hydrogens is 328 g/mol. The SMILES string of the molecule is CCN1CCC(CNc2c(N)cnc3ccc(Br)cc23)C1. The summed E-state index contributed by atoms with van der Waals surface area (Å²) in [5, 5.41) is 4.64. The van der Waals surface area contributed by atoms with E-state index in [0.717, 1.165) is 34.2 Å². The van der Waals surface area contributed by atoms with Crippen LogP contribution in [-0.4, -0.2) is 36.1 Å². The molecule has 5 heteroatoms. The molecule has 2 heterocycles. The van der Waals surface area contributed by atoms with Crippen molar-refractivity contribution in [1.29, 1.82) is 0 Å². The number of nitrogen functional groups attached to an aromatic ring is 1. The fourth-order valence-electron chi connectivity index (χ4n) is 2.99. The summed E-state index contributed by atoms with van der Waals surface area (Å²) >= 11 is 3.52. The zero-order valence-electron chi connectivity index (χ0n) is 12.3. The third kappa shape index (κ3) is 3.14. The number of benzene rings is 1. The van der Waals surface area contributed by atoms with Gasteiger partial charge in [-0.05, 0) is 43.6 Å². The van der Waals surface area contributed by atoms with E-state index in [0.29, 0.717) is 11.6 Å². The molecule has 112 valence electrons. The normalized spacial score (nSPS) is 19.2. The molecule has 1 unspecified atom stereocenters. The molecule has 0 saturated carbocycles. The number of aromatic nitrogens is 1. The van der Waals surface area contributed by atoms with E-state index in [1.807, 2.05) is 12.1 Å². The molecule has 0 radical (unpaired) electrons. The highest BCUT2D eigenvalue weighted by Crippen LogP contribution is 2.30. The van der Waals surface area contributed by atoms with Crippen LogP contribution in [0.5, 0.6) is 0 Å². The monoisotopic (exact) mass is 348 g/mol. The summed E-state index contributed by atoms with van der Waals surface area (Å²) in [6.07, 6.45) is 3.00. The topological polar surface area (TPSA) is 54.2 Å². The average Bonchev–Trinajstić information content (AvgIpc) is 2.94. The zero-order chi connectivity index (χ0) is 14.8. The molecule has 2 aromatic rings. The Morgan fingerprint density at radius 1 is 1.48 bits per heavy atom. The van der Waals surface area contributed by atoms with Crippen molar-refractivity contribution in [3.05, 3.63) is 28.9 Å². The van der Waals surface area contributed by atoms with Crippen LogP contribution in [0.1, 0.15) is 13.3 Å². The maximum absolute atomic E-state index is 6.12. The lowest BCUT2D eigenvalue weighted by Crippen LogP contribution is -2.22. The maximum atomic E-state index is 6.12. The van der Waals surface area contributed by atoms with Crippen molar-refractivity contribution in [3.8, 4) is 0 Å². The number of hydrogen-bond acceptors (Lipinski definition) is 4. The van der Waals surface area contributed by atoms with E-state index in [1.54, 1.807) is 6.20 Å². The highest BCUT2D eigenvalue weighted by atomic mass is 79.9. The summed E-state index contributed by atoms with van der Waals surface area (Å²) in [6, 6.07) is 6.10. The van der Waals surface area contributed by atoms with Crippen molar-refractivity contribution in [1.82, 2.24) is 9.88 Å². The van der Waals surface area contributed by atoms with Crippen LogP contribution in [0.3, 0.4) is 0 Å². The van der Waals surface area contributed by atoms with Crippen molar-refractivity contribution >= 4 is 38.2 Å². The number of halogens is 1. The predicted octanol–water partition coefficient (Wildman–Crippen LogP) is 3.33. The van der Waals surface area contributed by atoms with Crippen LogP contribution in [-0.2, 0) is 0 Å². The zero-order valence-corrected chi connectivity index (χ0v) is 13.9. The molecular formula is C16H21BrN4. The standard InChI is InChI=1S/C16H21BrN4/c1-2-21-6-5-11(10-21)8-20-16-13-7-12(17)3-4-15(13)19-9-14(16)18/h3-4,7,9,11H,2,5-6,8,10,18H2,1H3,(H,19,20). The van der Waals surface area contributed by atoms with E-state index in [4.69, 9.17) is 5.73 Å². The van der Waals surface area contributed by atoms with Gasteiger partial charge in [0.25, 0.3) is 0 Å². The molecule has 21 heavy (non-hydrogen) atoms. The van der Waals surface area contributed by atoms with Gasteiger partial charge in [-0.1, -0.05) is 22.9 Å². The second-order valence-corrected chi connectivity index (χ2v) is 6.59. The van der Waals surface area contributed by atoms with Crippen LogP contribution in [0.25, 0.3) is 10.9 Å². The molecule has 3 rings (SSSR count). The van der Waals surface area contributed by atoms with Gasteiger partial charge in [-0.25, -0.2) is 0 Å². The second kappa shape index (κ2) is 6.20. The Morgan fingerprint density at radius 2 is 2.33 bits per heavy atom. The molecule has 1 aliphatic rings. The molecule has 1 saturated heterocycles. The number of hydrogen-bond donors (Lipinski definition) is 2. The summed E-state index contributed by atoms with van der Waals surface area (Å²) in [7, 11) is 0. The molecule has 4 nitrogen and oxygen atoms in total. The van der Waals surface area contributed by atoms with Crippen molar-refractivity contribution in [3.63, 3.8) is 0 Å². The number of likely N-dealkylation sites (tertiary alicyclic amines) is 1. The van der Waals surface area contributed by atoms with Crippen LogP contribution < -0.4 is 11.1 Å². The van der Waals surface area contributed by atoms with Crippen molar-refractivity contribution in [2.75, 3.05) is 37.2 Å². The van der Waals surface area contributed by atoms with E-state index < -0.39 is 0 Å². The summed E-state index contributed by atoms with van der Waals surface area (Å²) in [5.41, 5.74) is 8.82. The van der Waals surface area contributed by atoms with E-state index in [-0.39, 0.29) is 0 Å². The molecule has 0 spiro atoms. The van der Waals surface area contributed by atoms with Gasteiger partial charge in [-0.3, -0.25) is 4.98 Å². The molecule has 3 N–H and O–H groups in total. The molecule has 1 aliphatic heterocycles. The first-order chi connectivity index (χ1) is 10.2. The fourth-order valence-corrected chi connectivity index (χ4v) is 3.35. The first-order valence-corrected chi connectivity index (χ1v) is 8.26. The lowest BCUT2D eigenvalue weighted by atomic mass is 10.1. The highest BCUT2D eigenvalue weighted by molar-refractivity contribution is 9.10. The number of pyridine rings is 1. The predicted molar refractivity (Wildman–Crippen MR) is 92.6 cm³/mol. The summed E-state index contributed by atoms with van der Waals surface area (Å²) in [6.45, 7) is 6.72. The van der Waals surface area contributed by atoms with Gasteiger partial charge in [-0.15, -0.1) is 0 Å². The Bertz CT molecular complexity index is 638. The van der Waals surface area contributed by atoms with E-state index in [2.05, 4.69) is 44.1 Å². The van der Waals surface area contributed by atoms with Gasteiger partial charge in [0.15, 0.2) is 0 Å². The summed E-state index contributed by atoms with van der Waals surface area (Å²) < 4.78 is 1.04. The average molecular weight is 349 g/mol. The minimum atomic E-state index is 0.694. The minimum absolute atomic E-state index is 0.694. The smallest absolute Gasteiger partial charge is 0.0743 e. The molecule has 0 amide bonds. The van der Waals surface area contributed by atoms with Gasteiger partial charge >= 0.3 is 0 Å². The Kier molecular flexibility index (Phi) is 4.31. The third-order valence-electron chi connectivity index (χ3n) is 4.24. The molecule has 1 aromatic heterocycles. The van der Waals surface area contributed by atoms with Gasteiger partial charge in [0, 0.05) is 22.9 Å². The maximum Gasteiger partial charge on any atom is 0.0743 e. The molecule has 1 aromatic carbocycles. The Hall–Kier alpha value is -1.33. The third-order valence-corrected chi connectivity index (χ3v) is 4.74. The van der Waals surface area contributed by atoms with E-state index in [9.17, 15) is 0 Å². The Labute approximate surface area is 133 Å². The number of fused-ring (bicyclic) bond motifs is 1. The van der Waals surface area contributed by atoms with Crippen LogP contribution in [0.2, 0.25) is 0 Å². The van der Waals surface area contributed by atoms with Gasteiger partial charge < -0.3 is 16.0 Å². The highest BCUT2D eigenvalue weighted by Gasteiger charge is 2.21. The molecule has 0 bridgehead atoms. The number of nitrogens with zero attached hydrogens (tertiary/aromatic N) is 2. The number of nitrogens with two attached hydrogens (primary N) is 1. The minimum Gasteiger partial charge on any atom is -0.396 e. The molecule has 0 aliphatic carbocycles. The first-order valence-electron chi connectivity index (χ1n) is 7.47. The lowest BCUT2D eigenvalue weighted by Gasteiger charge is -2.16. The largest absolute Gasteiger partial charge is 0.396 e. The number of nitrogens with one attached hydrogen (secondary N) is 1. The summed E-state index contributed by atoms with van der Waals surface area (Å²) in [4.78, 5) is 6.89. The van der Waals surface area contributed by atoms with Crippen LogP contribution >= 0.6 is 15.9 Å². The van der Waals surface area contributed by atoms with Gasteiger partial charge in [-0.2, -0.15) is 0 Å². The Morgan fingerprint density at radius 3 is 3.10 bits per heavy atom. The summed E-state index contributed by atoms with van der Waals surface area (Å²) in [5.74, 6) is 0.694. The van der Waals surface area contributed by atoms with Crippen molar-refractivity contribution in [2.45, 2.75) is 13.3 Å². The van der Waals surface area contributed by atoms with Crippen LogP contribution in [0.4, 0.5) is 11.4 Å². The van der Waals surface area contributed by atoms with E-state index in [1.165, 1.54) is 19.5 Å². The van der Waals surface area contributed by atoms with Gasteiger partial charge in [0.05, 0.1) is 23.1 Å². The molecule has 1 fully saturated rings. The quantitative estimate of drug-likeness (QED) is 0.889. The van der Waals surface area contributed by atoms with Crippen molar-refractivity contribution < 1.29 is 0 Å². The van der Waals surface area contributed by atoms with Gasteiger partial charge in [0.1, 0.15) is 0 Å². The van der Waals surface area contributed by atoms with E-state index >= 15 is 0 Å².